The van der Waals surface area contributed by atoms with Crippen molar-refractivity contribution in [1.82, 2.24) is 19.7 Å². The third-order valence-corrected chi connectivity index (χ3v) is 10.2. The van der Waals surface area contributed by atoms with E-state index in [1.807, 2.05) is 28.9 Å². The molecule has 2 N–H and O–H groups in total. The van der Waals surface area contributed by atoms with Crippen LogP contribution in [0.5, 0.6) is 11.5 Å². The quantitative estimate of drug-likeness (QED) is 0.317. The van der Waals surface area contributed by atoms with E-state index in [0.717, 1.165) is 16.7 Å². The summed E-state index contributed by atoms with van der Waals surface area (Å²) in [6.45, 7) is 5.37. The number of anilines is 2. The van der Waals surface area contributed by atoms with Crippen molar-refractivity contribution in [3.8, 4) is 22.6 Å². The fourth-order valence-corrected chi connectivity index (χ4v) is 7.28. The molecule has 2 fully saturated rings. The van der Waals surface area contributed by atoms with Crippen LogP contribution in [0.4, 0.5) is 24.5 Å². The maximum Gasteiger partial charge on any atom is 0.275 e. The standard InChI is InChI=1S/C37H43F3N6O5/c1-22-23(2)36(49)43(3)19-26(22)24-16-31(50-4)27(32(17-24)51-5)20-44-11-10-33(37(39,40)21-44)46-14-12-45(13-15-46)30-8-6-25(18-28(30)38)41-29-7-9-34(47)42-35(29)48/h6-8,16-19,33,41H,9-15,20-21H2,1-5H3,(H,42,47,48). The van der Waals surface area contributed by atoms with Crippen molar-refractivity contribution in [3.05, 3.63) is 81.2 Å². The number of ether oxygens (including phenoxy) is 2. The topological polar surface area (TPSA) is 108 Å². The third kappa shape index (κ3) is 7.33. The Morgan fingerprint density at radius 1 is 0.961 bits per heavy atom. The molecule has 2 aromatic carbocycles. The number of nitrogens with zero attached hydrogens (tertiary/aromatic N) is 4. The van der Waals surface area contributed by atoms with Crippen molar-refractivity contribution in [2.24, 2.45) is 7.05 Å². The van der Waals surface area contributed by atoms with Gasteiger partial charge >= 0.3 is 0 Å². The van der Waals surface area contributed by atoms with Gasteiger partial charge in [-0.05, 0) is 67.8 Å². The molecule has 3 aromatic rings. The normalized spacial score (nSPS) is 19.8. The van der Waals surface area contributed by atoms with Crippen LogP contribution >= 0.6 is 0 Å². The minimum atomic E-state index is -2.99. The van der Waals surface area contributed by atoms with Gasteiger partial charge in [-0.25, -0.2) is 13.2 Å². The Balaban J connectivity index is 1.09. The van der Waals surface area contributed by atoms with Gasteiger partial charge in [0.2, 0.25) is 5.91 Å². The number of aromatic nitrogens is 1. The number of piperazine rings is 1. The molecule has 3 aliphatic heterocycles. The summed E-state index contributed by atoms with van der Waals surface area (Å²) in [4.78, 5) is 41.2. The van der Waals surface area contributed by atoms with E-state index in [2.05, 4.69) is 10.6 Å². The zero-order valence-corrected chi connectivity index (χ0v) is 29.4. The summed E-state index contributed by atoms with van der Waals surface area (Å²) in [5.41, 5.74) is 4.62. The van der Waals surface area contributed by atoms with Crippen molar-refractivity contribution in [2.45, 2.75) is 45.2 Å². The molecular weight excluding hydrogens is 665 g/mol. The van der Waals surface area contributed by atoms with Crippen molar-refractivity contribution < 1.29 is 32.2 Å². The summed E-state index contributed by atoms with van der Waals surface area (Å²) in [6, 6.07) is 7.29. The summed E-state index contributed by atoms with van der Waals surface area (Å²) < 4.78 is 60.0. The first-order valence-electron chi connectivity index (χ1n) is 16.9. The zero-order valence-electron chi connectivity index (χ0n) is 29.4. The molecule has 0 spiro atoms. The molecule has 3 aliphatic rings. The summed E-state index contributed by atoms with van der Waals surface area (Å²) >= 11 is 0. The molecule has 2 amide bonds. The first-order chi connectivity index (χ1) is 24.3. The fraction of sp³-hybridized carbons (Fsp3) is 0.432. The molecule has 0 bridgehead atoms. The van der Waals surface area contributed by atoms with Crippen molar-refractivity contribution >= 4 is 23.2 Å². The van der Waals surface area contributed by atoms with E-state index in [9.17, 15) is 14.4 Å². The maximum absolute atomic E-state index is 15.9. The van der Waals surface area contributed by atoms with E-state index in [1.54, 1.807) is 37.2 Å². The number of hydrogen-bond donors (Lipinski definition) is 2. The Kier molecular flexibility index (Phi) is 10.2. The van der Waals surface area contributed by atoms with Crippen LogP contribution in [-0.4, -0.2) is 91.6 Å². The highest BCUT2D eigenvalue weighted by molar-refractivity contribution is 6.08. The number of piperidine rings is 1. The highest BCUT2D eigenvalue weighted by Crippen LogP contribution is 2.39. The lowest BCUT2D eigenvalue weighted by Crippen LogP contribution is -2.61. The number of methoxy groups -OCH3 is 2. The van der Waals surface area contributed by atoms with Gasteiger partial charge in [-0.3, -0.25) is 29.5 Å². The number of pyridine rings is 1. The van der Waals surface area contributed by atoms with Gasteiger partial charge in [0, 0.05) is 75.7 Å². The van der Waals surface area contributed by atoms with Crippen LogP contribution in [0.25, 0.3) is 11.1 Å². The van der Waals surface area contributed by atoms with Gasteiger partial charge in [-0.1, -0.05) is 0 Å². The van der Waals surface area contributed by atoms with Gasteiger partial charge in [0.15, 0.2) is 0 Å². The number of likely N-dealkylation sites (tertiary alicyclic amines) is 1. The lowest BCUT2D eigenvalue weighted by atomic mass is 9.95. The second kappa shape index (κ2) is 14.4. The molecular formula is C37H43F3N6O5. The average Bonchev–Trinajstić information content (AvgIpc) is 3.10. The number of carbonyl (C=O) groups excluding carboxylic acids is 2. The molecule has 1 unspecified atom stereocenters. The van der Waals surface area contributed by atoms with E-state index in [1.165, 1.54) is 30.9 Å². The molecule has 0 radical (unpaired) electrons. The average molecular weight is 709 g/mol. The highest BCUT2D eigenvalue weighted by Gasteiger charge is 2.48. The molecule has 51 heavy (non-hydrogen) atoms. The molecule has 11 nitrogen and oxygen atoms in total. The Hall–Kier alpha value is -4.82. The van der Waals surface area contributed by atoms with Crippen molar-refractivity contribution in [3.63, 3.8) is 0 Å². The lowest BCUT2D eigenvalue weighted by molar-refractivity contribution is -0.130. The minimum absolute atomic E-state index is 0.0501. The zero-order chi connectivity index (χ0) is 36.6. The number of alkyl halides is 2. The lowest BCUT2D eigenvalue weighted by Gasteiger charge is -2.46. The van der Waals surface area contributed by atoms with E-state index in [-0.39, 0.29) is 30.6 Å². The van der Waals surface area contributed by atoms with E-state index in [0.29, 0.717) is 66.7 Å². The summed E-state index contributed by atoms with van der Waals surface area (Å²) in [6.07, 6.45) is 3.54. The predicted octanol–water partition coefficient (Wildman–Crippen LogP) is 4.20. The fourth-order valence-electron chi connectivity index (χ4n) is 7.28. The molecule has 14 heteroatoms. The number of amides is 2. The van der Waals surface area contributed by atoms with E-state index >= 15 is 13.2 Å². The predicted molar refractivity (Wildman–Crippen MR) is 188 cm³/mol. The number of rotatable bonds is 9. The van der Waals surface area contributed by atoms with Gasteiger partial charge in [0.05, 0.1) is 38.1 Å². The van der Waals surface area contributed by atoms with Gasteiger partial charge in [0.25, 0.3) is 17.4 Å². The number of halogens is 3. The Morgan fingerprint density at radius 3 is 2.25 bits per heavy atom. The SMILES string of the molecule is COc1cc(-c2cn(C)c(=O)c(C)c2C)cc(OC)c1CN1CCC(N2CCN(c3ccc(NC4=CCC(=O)NC4=O)cc3F)CC2)C(F)(F)C1. The molecule has 4 heterocycles. The Bertz CT molecular complexity index is 1910. The second-order valence-corrected chi connectivity index (χ2v) is 13.4. The van der Waals surface area contributed by atoms with Crippen LogP contribution in [0.15, 0.2) is 53.1 Å². The van der Waals surface area contributed by atoms with Crippen LogP contribution in [0.3, 0.4) is 0 Å². The van der Waals surface area contributed by atoms with Crippen LogP contribution in [0.2, 0.25) is 0 Å². The highest BCUT2D eigenvalue weighted by atomic mass is 19.3. The molecule has 0 saturated carbocycles. The van der Waals surface area contributed by atoms with Gasteiger partial charge in [-0.2, -0.15) is 0 Å². The third-order valence-electron chi connectivity index (χ3n) is 10.2. The van der Waals surface area contributed by atoms with Gasteiger partial charge < -0.3 is 24.3 Å². The Labute approximate surface area is 294 Å². The van der Waals surface area contributed by atoms with Gasteiger partial charge in [0.1, 0.15) is 23.0 Å². The van der Waals surface area contributed by atoms with Crippen LogP contribution in [0.1, 0.15) is 29.5 Å². The number of benzene rings is 2. The minimum Gasteiger partial charge on any atom is -0.496 e. The maximum atomic E-state index is 15.9. The molecule has 6 rings (SSSR count). The first kappa shape index (κ1) is 36.0. The largest absolute Gasteiger partial charge is 0.496 e. The van der Waals surface area contributed by atoms with Crippen LogP contribution in [-0.2, 0) is 23.2 Å². The van der Waals surface area contributed by atoms with Crippen LogP contribution in [0, 0.1) is 19.7 Å². The van der Waals surface area contributed by atoms with Crippen LogP contribution < -0.4 is 30.6 Å². The molecule has 1 aromatic heterocycles. The molecule has 272 valence electrons. The molecule has 2 saturated heterocycles. The number of imide groups is 1. The smallest absolute Gasteiger partial charge is 0.275 e. The number of carbonyl (C=O) groups is 2. The van der Waals surface area contributed by atoms with Gasteiger partial charge in [-0.15, -0.1) is 0 Å². The summed E-state index contributed by atoms with van der Waals surface area (Å²) in [5, 5.41) is 5.06. The Morgan fingerprint density at radius 2 is 1.65 bits per heavy atom. The van der Waals surface area contributed by atoms with Crippen molar-refractivity contribution in [2.75, 3.05) is 63.7 Å². The molecule has 1 atom stereocenters. The second-order valence-electron chi connectivity index (χ2n) is 13.4. The number of nitrogens with one attached hydrogen (secondary N) is 2. The molecule has 0 aliphatic carbocycles. The van der Waals surface area contributed by atoms with E-state index in [4.69, 9.17) is 9.47 Å². The van der Waals surface area contributed by atoms with Crippen molar-refractivity contribution in [1.29, 1.82) is 0 Å². The number of aryl methyl sites for hydroxylation is 1. The number of hydrogen-bond acceptors (Lipinski definition) is 9. The monoisotopic (exact) mass is 708 g/mol. The summed E-state index contributed by atoms with van der Waals surface area (Å²) in [7, 11) is 4.78. The summed E-state index contributed by atoms with van der Waals surface area (Å²) in [5.74, 6) is -3.44. The van der Waals surface area contributed by atoms with E-state index < -0.39 is 36.1 Å². The first-order valence-corrected chi connectivity index (χ1v) is 16.9.